The average molecular weight is 224 g/mol. The van der Waals surface area contributed by atoms with E-state index in [0.717, 1.165) is 5.76 Å². The lowest BCUT2D eigenvalue weighted by Gasteiger charge is -2.10. The summed E-state index contributed by atoms with van der Waals surface area (Å²) in [5, 5.41) is 2.55. The summed E-state index contributed by atoms with van der Waals surface area (Å²) >= 11 is 0. The zero-order chi connectivity index (χ0) is 12.0. The van der Waals surface area contributed by atoms with Crippen LogP contribution in [-0.2, 0) is 16.0 Å². The maximum atomic E-state index is 11.3. The van der Waals surface area contributed by atoms with Crippen LogP contribution in [0.4, 0.5) is 0 Å². The molecule has 5 nitrogen and oxygen atoms in total. The number of nitrogens with zero attached hydrogens (tertiary/aromatic N) is 1. The van der Waals surface area contributed by atoms with Gasteiger partial charge in [0.25, 0.3) is 0 Å². The minimum absolute atomic E-state index is 0.0456. The van der Waals surface area contributed by atoms with Crippen molar-refractivity contribution in [3.05, 3.63) is 24.2 Å². The van der Waals surface area contributed by atoms with E-state index >= 15 is 0 Å². The molecular formula is C11H16N2O3. The molecule has 0 fully saturated rings. The number of carbonyl (C=O) groups excluding carboxylic acids is 2. The highest BCUT2D eigenvalue weighted by Gasteiger charge is 2.07. The second kappa shape index (κ2) is 5.95. The number of furan rings is 1. The van der Waals surface area contributed by atoms with Crippen LogP contribution in [0.5, 0.6) is 0 Å². The first-order valence-corrected chi connectivity index (χ1v) is 5.09. The Morgan fingerprint density at radius 1 is 1.44 bits per heavy atom. The number of carbonyl (C=O) groups is 2. The predicted octanol–water partition coefficient (Wildman–Crippen LogP) is 0.417. The predicted molar refractivity (Wildman–Crippen MR) is 58.7 cm³/mol. The van der Waals surface area contributed by atoms with Crippen LogP contribution in [0.1, 0.15) is 12.2 Å². The molecule has 5 heteroatoms. The van der Waals surface area contributed by atoms with Crippen LogP contribution < -0.4 is 5.32 Å². The highest BCUT2D eigenvalue weighted by molar-refractivity contribution is 5.84. The number of amides is 2. The third-order valence-corrected chi connectivity index (χ3v) is 2.11. The summed E-state index contributed by atoms with van der Waals surface area (Å²) in [7, 11) is 3.30. The summed E-state index contributed by atoms with van der Waals surface area (Å²) in [6.07, 6.45) is 2.45. The largest absolute Gasteiger partial charge is 0.469 e. The summed E-state index contributed by atoms with van der Waals surface area (Å²) in [5.41, 5.74) is 0. The Balaban J connectivity index is 2.19. The third-order valence-electron chi connectivity index (χ3n) is 2.11. The van der Waals surface area contributed by atoms with Gasteiger partial charge in [-0.1, -0.05) is 0 Å². The Bertz CT molecular complexity index is 344. The second-order valence-corrected chi connectivity index (χ2v) is 3.64. The van der Waals surface area contributed by atoms with Crippen LogP contribution in [0.2, 0.25) is 0 Å². The van der Waals surface area contributed by atoms with Crippen molar-refractivity contribution in [1.29, 1.82) is 0 Å². The summed E-state index contributed by atoms with van der Waals surface area (Å²) in [6.45, 7) is 0.0456. The van der Waals surface area contributed by atoms with Gasteiger partial charge in [0.2, 0.25) is 11.8 Å². The van der Waals surface area contributed by atoms with Crippen molar-refractivity contribution in [3.63, 3.8) is 0 Å². The second-order valence-electron chi connectivity index (χ2n) is 3.64. The SMILES string of the molecule is CN(C)C(=O)CNC(=O)CCc1ccco1. The van der Waals surface area contributed by atoms with Crippen LogP contribution in [-0.4, -0.2) is 37.4 Å². The number of nitrogens with one attached hydrogen (secondary N) is 1. The first-order chi connectivity index (χ1) is 7.59. The first-order valence-electron chi connectivity index (χ1n) is 5.09. The van der Waals surface area contributed by atoms with Crippen LogP contribution >= 0.6 is 0 Å². The molecule has 0 bridgehead atoms. The number of likely N-dealkylation sites (N-methyl/N-ethyl adjacent to an activating group) is 1. The summed E-state index contributed by atoms with van der Waals surface area (Å²) in [5.74, 6) is 0.507. The zero-order valence-electron chi connectivity index (χ0n) is 9.53. The van der Waals surface area contributed by atoms with Crippen molar-refractivity contribution in [2.24, 2.45) is 0 Å². The van der Waals surface area contributed by atoms with Crippen LogP contribution in [0.3, 0.4) is 0 Å². The van der Waals surface area contributed by atoms with Gasteiger partial charge in [0, 0.05) is 26.9 Å². The maximum absolute atomic E-state index is 11.3. The Kier molecular flexibility index (Phi) is 4.57. The highest BCUT2D eigenvalue weighted by Crippen LogP contribution is 2.02. The van der Waals surface area contributed by atoms with Gasteiger partial charge in [0.1, 0.15) is 5.76 Å². The molecule has 0 aliphatic heterocycles. The van der Waals surface area contributed by atoms with E-state index in [1.807, 2.05) is 6.07 Å². The molecular weight excluding hydrogens is 208 g/mol. The zero-order valence-corrected chi connectivity index (χ0v) is 9.53. The Labute approximate surface area is 94.4 Å². The van der Waals surface area contributed by atoms with Crippen LogP contribution in [0.25, 0.3) is 0 Å². The lowest BCUT2D eigenvalue weighted by Crippen LogP contribution is -2.36. The van der Waals surface area contributed by atoms with E-state index in [-0.39, 0.29) is 18.4 Å². The molecule has 88 valence electrons. The molecule has 0 aromatic carbocycles. The van der Waals surface area contributed by atoms with Gasteiger partial charge in [0.05, 0.1) is 12.8 Å². The smallest absolute Gasteiger partial charge is 0.241 e. The minimum atomic E-state index is -0.147. The minimum Gasteiger partial charge on any atom is -0.469 e. The summed E-state index contributed by atoms with van der Waals surface area (Å²) in [4.78, 5) is 24.0. The van der Waals surface area contributed by atoms with Crippen LogP contribution in [0.15, 0.2) is 22.8 Å². The van der Waals surface area contributed by atoms with Crippen molar-refractivity contribution in [3.8, 4) is 0 Å². The lowest BCUT2D eigenvalue weighted by molar-refractivity contribution is -0.130. The molecule has 1 heterocycles. The van der Waals surface area contributed by atoms with E-state index < -0.39 is 0 Å². The molecule has 0 aliphatic carbocycles. The fourth-order valence-corrected chi connectivity index (χ4v) is 1.11. The Morgan fingerprint density at radius 2 is 2.19 bits per heavy atom. The molecule has 0 saturated carbocycles. The van der Waals surface area contributed by atoms with Crippen molar-refractivity contribution in [2.75, 3.05) is 20.6 Å². The van der Waals surface area contributed by atoms with Gasteiger partial charge in [-0.25, -0.2) is 0 Å². The molecule has 1 rings (SSSR count). The van der Waals surface area contributed by atoms with Crippen molar-refractivity contribution < 1.29 is 14.0 Å². The molecule has 1 N–H and O–H groups in total. The lowest BCUT2D eigenvalue weighted by atomic mass is 10.2. The van der Waals surface area contributed by atoms with E-state index in [2.05, 4.69) is 5.32 Å². The monoisotopic (exact) mass is 224 g/mol. The first kappa shape index (κ1) is 12.3. The van der Waals surface area contributed by atoms with Crippen LogP contribution in [0, 0.1) is 0 Å². The Morgan fingerprint density at radius 3 is 2.75 bits per heavy atom. The molecule has 1 aromatic heterocycles. The van der Waals surface area contributed by atoms with Gasteiger partial charge >= 0.3 is 0 Å². The normalized spacial score (nSPS) is 9.88. The summed E-state index contributed by atoms with van der Waals surface area (Å²) < 4.78 is 5.09. The number of hydrogen-bond acceptors (Lipinski definition) is 3. The van der Waals surface area contributed by atoms with Gasteiger partial charge in [0.15, 0.2) is 0 Å². The summed E-state index contributed by atoms with van der Waals surface area (Å²) in [6, 6.07) is 3.60. The Hall–Kier alpha value is -1.78. The van der Waals surface area contributed by atoms with Gasteiger partial charge < -0.3 is 14.6 Å². The van der Waals surface area contributed by atoms with Gasteiger partial charge in [-0.2, -0.15) is 0 Å². The highest BCUT2D eigenvalue weighted by atomic mass is 16.3. The van der Waals surface area contributed by atoms with Gasteiger partial charge in [-0.05, 0) is 12.1 Å². The fourth-order valence-electron chi connectivity index (χ4n) is 1.11. The van der Waals surface area contributed by atoms with Crippen molar-refractivity contribution in [1.82, 2.24) is 10.2 Å². The molecule has 0 atom stereocenters. The van der Waals surface area contributed by atoms with Crippen molar-refractivity contribution >= 4 is 11.8 Å². The van der Waals surface area contributed by atoms with Gasteiger partial charge in [-0.15, -0.1) is 0 Å². The third kappa shape index (κ3) is 4.16. The maximum Gasteiger partial charge on any atom is 0.241 e. The number of hydrogen-bond donors (Lipinski definition) is 1. The molecule has 16 heavy (non-hydrogen) atoms. The topological polar surface area (TPSA) is 62.6 Å². The average Bonchev–Trinajstić information content (AvgIpc) is 2.75. The van der Waals surface area contributed by atoms with Gasteiger partial charge in [-0.3, -0.25) is 9.59 Å². The fraction of sp³-hybridized carbons (Fsp3) is 0.455. The molecule has 0 saturated heterocycles. The number of aryl methyl sites for hydroxylation is 1. The van der Waals surface area contributed by atoms with Crippen molar-refractivity contribution in [2.45, 2.75) is 12.8 Å². The molecule has 0 unspecified atom stereocenters. The van der Waals surface area contributed by atoms with E-state index in [1.165, 1.54) is 4.90 Å². The standard InChI is InChI=1S/C11H16N2O3/c1-13(2)11(15)8-12-10(14)6-5-9-4-3-7-16-9/h3-4,7H,5-6,8H2,1-2H3,(H,12,14). The quantitative estimate of drug-likeness (QED) is 0.788. The van der Waals surface area contributed by atoms with E-state index in [0.29, 0.717) is 12.8 Å². The molecule has 0 spiro atoms. The molecule has 1 aromatic rings. The number of rotatable bonds is 5. The molecule has 0 aliphatic rings. The van der Waals surface area contributed by atoms with E-state index in [9.17, 15) is 9.59 Å². The van der Waals surface area contributed by atoms with E-state index in [4.69, 9.17) is 4.42 Å². The molecule has 2 amide bonds. The van der Waals surface area contributed by atoms with E-state index in [1.54, 1.807) is 26.4 Å². The molecule has 0 radical (unpaired) electrons.